The van der Waals surface area contributed by atoms with Crippen LogP contribution in [0.5, 0.6) is 0 Å². The van der Waals surface area contributed by atoms with Gasteiger partial charge in [0.2, 0.25) is 0 Å². The van der Waals surface area contributed by atoms with Crippen molar-refractivity contribution < 1.29 is 0 Å². The molecule has 0 aromatic heterocycles. The van der Waals surface area contributed by atoms with Crippen LogP contribution < -0.4 is 0 Å². The minimum absolute atomic E-state index is 0.470. The predicted octanol–water partition coefficient (Wildman–Crippen LogP) is 11.2. The van der Waals surface area contributed by atoms with Crippen LogP contribution >= 0.6 is 0 Å². The van der Waals surface area contributed by atoms with Crippen LogP contribution in [0.2, 0.25) is 0 Å². The quantitative estimate of drug-likeness (QED) is 0.292. The first-order valence-electron chi connectivity index (χ1n) is 12.8. The normalized spacial score (nSPS) is 12.1. The average molecular weight is 469 g/mol. The highest BCUT2D eigenvalue weighted by Gasteiger charge is 2.46. The van der Waals surface area contributed by atoms with Crippen LogP contribution in [0.1, 0.15) is 66.5 Å². The molecule has 0 fully saturated rings. The van der Waals surface area contributed by atoms with E-state index < -0.39 is 5.41 Å². The van der Waals surface area contributed by atoms with Gasteiger partial charge in [-0.05, 0) is 47.2 Å². The van der Waals surface area contributed by atoms with Gasteiger partial charge in [0.25, 0.3) is 0 Å². The highest BCUT2D eigenvalue weighted by atomic mass is 14.5. The molecule has 0 saturated carbocycles. The van der Waals surface area contributed by atoms with Gasteiger partial charge in [-0.25, -0.2) is 0 Å². The molecule has 0 heteroatoms. The van der Waals surface area contributed by atoms with E-state index in [0.29, 0.717) is 0 Å². The lowest BCUT2D eigenvalue weighted by Gasteiger charge is -2.34. The molecule has 0 atom stereocenters. The largest absolute Gasteiger partial charge is 0.0991 e. The first kappa shape index (κ1) is 33.8. The molecule has 0 radical (unpaired) electrons. The van der Waals surface area contributed by atoms with Crippen LogP contribution in [0.4, 0.5) is 0 Å². The van der Waals surface area contributed by atoms with Crippen molar-refractivity contribution in [2.45, 2.75) is 60.8 Å². The third-order valence-electron chi connectivity index (χ3n) is 5.15. The molecule has 0 bridgehead atoms. The van der Waals surface area contributed by atoms with Crippen molar-refractivity contribution in [2.75, 3.05) is 0 Å². The summed E-state index contributed by atoms with van der Waals surface area (Å²) in [6, 6.07) is 17.0. The van der Waals surface area contributed by atoms with Gasteiger partial charge in [0.05, 0.1) is 5.41 Å². The lowest BCUT2D eigenvalue weighted by molar-refractivity contribution is 0.769. The predicted molar refractivity (Wildman–Crippen MR) is 164 cm³/mol. The summed E-state index contributed by atoms with van der Waals surface area (Å²) in [4.78, 5) is 0. The average Bonchev–Trinajstić information content (AvgIpc) is 3.25. The highest BCUT2D eigenvalue weighted by molar-refractivity contribution is 5.86. The van der Waals surface area contributed by atoms with E-state index in [0.717, 1.165) is 11.1 Å². The topological polar surface area (TPSA) is 0 Å². The molecule has 0 saturated heterocycles. The molecule has 0 unspecified atom stereocenters. The standard InChI is InChI=1S/C25H22.C4H8.3C2H6/c1-5-8-14-19(4)25(20(7-3)13-6-2)23-17-11-9-15-21(23)22-16-10-12-18-24(22)25;1-3-4-2;3*1-2/h5-18H,1-4H2;3-4H,1-2H3;3*1-2H3/b14-8-,20-13+;4-3-;;;. The van der Waals surface area contributed by atoms with Crippen LogP contribution in [-0.2, 0) is 5.41 Å². The van der Waals surface area contributed by atoms with E-state index in [9.17, 15) is 0 Å². The molecule has 0 aliphatic heterocycles. The Morgan fingerprint density at radius 3 is 1.46 bits per heavy atom. The van der Waals surface area contributed by atoms with E-state index in [-0.39, 0.29) is 0 Å². The Hall–Kier alpha value is -3.38. The van der Waals surface area contributed by atoms with Crippen LogP contribution in [0.3, 0.4) is 0 Å². The Morgan fingerprint density at radius 2 is 1.11 bits per heavy atom. The maximum atomic E-state index is 4.44. The van der Waals surface area contributed by atoms with Gasteiger partial charge in [-0.2, -0.15) is 0 Å². The first-order chi connectivity index (χ1) is 17.1. The number of hydrogen-bond donors (Lipinski definition) is 0. The first-order valence-corrected chi connectivity index (χ1v) is 12.8. The molecule has 1 aliphatic carbocycles. The number of hydrogen-bond acceptors (Lipinski definition) is 0. The summed E-state index contributed by atoms with van der Waals surface area (Å²) < 4.78 is 0. The molecular weight excluding hydrogens is 420 g/mol. The molecule has 2 aromatic carbocycles. The molecule has 0 spiro atoms. The minimum Gasteiger partial charge on any atom is -0.0991 e. The molecule has 3 rings (SSSR count). The van der Waals surface area contributed by atoms with Crippen LogP contribution in [-0.4, -0.2) is 0 Å². The van der Waals surface area contributed by atoms with E-state index in [4.69, 9.17) is 0 Å². The van der Waals surface area contributed by atoms with E-state index in [1.807, 2.05) is 97.9 Å². The van der Waals surface area contributed by atoms with Crippen molar-refractivity contribution in [1.82, 2.24) is 0 Å². The van der Waals surface area contributed by atoms with Crippen molar-refractivity contribution in [2.24, 2.45) is 0 Å². The fourth-order valence-corrected chi connectivity index (χ4v) is 3.86. The number of rotatable bonds is 6. The third-order valence-corrected chi connectivity index (χ3v) is 5.15. The van der Waals surface area contributed by atoms with Gasteiger partial charge in [-0.1, -0.05) is 165 Å². The third kappa shape index (κ3) is 7.82. The second-order valence-electron chi connectivity index (χ2n) is 6.69. The Bertz CT molecular complexity index is 943. The maximum Gasteiger partial charge on any atom is 0.0707 e. The molecule has 35 heavy (non-hydrogen) atoms. The van der Waals surface area contributed by atoms with Crippen LogP contribution in [0.25, 0.3) is 11.1 Å². The van der Waals surface area contributed by atoms with Crippen molar-refractivity contribution in [3.63, 3.8) is 0 Å². The van der Waals surface area contributed by atoms with E-state index in [2.05, 4.69) is 74.8 Å². The van der Waals surface area contributed by atoms with E-state index in [1.54, 1.807) is 6.08 Å². The van der Waals surface area contributed by atoms with Gasteiger partial charge in [-0.3, -0.25) is 0 Å². The highest BCUT2D eigenvalue weighted by Crippen LogP contribution is 2.56. The van der Waals surface area contributed by atoms with Gasteiger partial charge in [-0.15, -0.1) is 0 Å². The summed E-state index contributed by atoms with van der Waals surface area (Å²) in [7, 11) is 0. The summed E-state index contributed by atoms with van der Waals surface area (Å²) in [5, 5.41) is 0. The summed E-state index contributed by atoms with van der Waals surface area (Å²) in [5.41, 5.74) is 6.51. The lowest BCUT2D eigenvalue weighted by atomic mass is 9.67. The van der Waals surface area contributed by atoms with E-state index >= 15 is 0 Å². The van der Waals surface area contributed by atoms with Gasteiger partial charge in [0.15, 0.2) is 0 Å². The summed E-state index contributed by atoms with van der Waals surface area (Å²) in [5.74, 6) is 0. The molecule has 0 amide bonds. The fourth-order valence-electron chi connectivity index (χ4n) is 3.86. The molecular formula is C35H48. The Morgan fingerprint density at radius 1 is 0.686 bits per heavy atom. The zero-order chi connectivity index (χ0) is 27.3. The zero-order valence-electron chi connectivity index (χ0n) is 23.6. The molecule has 0 heterocycles. The van der Waals surface area contributed by atoms with Crippen LogP contribution in [0, 0.1) is 0 Å². The zero-order valence-corrected chi connectivity index (χ0v) is 23.6. The fraction of sp³-hybridized carbons (Fsp3) is 0.257. The molecule has 1 aliphatic rings. The second-order valence-corrected chi connectivity index (χ2v) is 6.69. The number of fused-ring (bicyclic) bond motifs is 3. The van der Waals surface area contributed by atoms with Crippen molar-refractivity contribution >= 4 is 0 Å². The molecule has 0 nitrogen and oxygen atoms in total. The second kappa shape index (κ2) is 20.0. The van der Waals surface area contributed by atoms with Gasteiger partial charge < -0.3 is 0 Å². The Kier molecular flexibility index (Phi) is 19.3. The molecule has 2 aromatic rings. The lowest BCUT2D eigenvalue weighted by Crippen LogP contribution is -2.28. The van der Waals surface area contributed by atoms with Gasteiger partial charge in [0, 0.05) is 0 Å². The Balaban J connectivity index is 0. The van der Waals surface area contributed by atoms with Crippen molar-refractivity contribution in [1.29, 1.82) is 0 Å². The summed E-state index contributed by atoms with van der Waals surface area (Å²) in [6.45, 7) is 32.2. The molecule has 0 N–H and O–H groups in total. The SMILES string of the molecule is C/C=C\C.C=C/C=C\C(=C)C1(/C(C=C)=C/C=C)c2ccccc2-c2ccccc21.CC.CC.CC. The van der Waals surface area contributed by atoms with Gasteiger partial charge >= 0.3 is 0 Å². The van der Waals surface area contributed by atoms with Gasteiger partial charge in [0.1, 0.15) is 0 Å². The maximum absolute atomic E-state index is 4.44. The smallest absolute Gasteiger partial charge is 0.0707 e. The number of allylic oxidation sites excluding steroid dienone is 10. The van der Waals surface area contributed by atoms with Crippen molar-refractivity contribution in [3.8, 4) is 11.1 Å². The van der Waals surface area contributed by atoms with Crippen LogP contribution in [0.15, 0.2) is 135 Å². The number of benzene rings is 2. The summed E-state index contributed by atoms with van der Waals surface area (Å²) in [6.07, 6.45) is 15.5. The van der Waals surface area contributed by atoms with E-state index in [1.165, 1.54) is 22.3 Å². The molecule has 188 valence electrons. The monoisotopic (exact) mass is 468 g/mol. The summed E-state index contributed by atoms with van der Waals surface area (Å²) >= 11 is 0. The van der Waals surface area contributed by atoms with Crippen molar-refractivity contribution in [3.05, 3.63) is 146 Å². The Labute approximate surface area is 217 Å². The minimum atomic E-state index is -0.470.